The van der Waals surface area contributed by atoms with Gasteiger partial charge in [-0.1, -0.05) is 24.2 Å². The first-order valence-corrected chi connectivity index (χ1v) is 6.14. The van der Waals surface area contributed by atoms with Crippen molar-refractivity contribution in [3.05, 3.63) is 33.7 Å². The SMILES string of the molecule is CCc1cccc(Oc2nnc(Br)s2)c1. The van der Waals surface area contributed by atoms with Crippen molar-refractivity contribution >= 4 is 27.3 Å². The van der Waals surface area contributed by atoms with Gasteiger partial charge >= 0.3 is 0 Å². The smallest absolute Gasteiger partial charge is 0.300 e. The number of hydrogen-bond acceptors (Lipinski definition) is 4. The minimum atomic E-state index is 0.551. The van der Waals surface area contributed by atoms with Gasteiger partial charge in [0.25, 0.3) is 5.19 Å². The van der Waals surface area contributed by atoms with E-state index in [4.69, 9.17) is 4.74 Å². The number of aromatic nitrogens is 2. The molecule has 2 rings (SSSR count). The topological polar surface area (TPSA) is 35.0 Å². The zero-order valence-corrected chi connectivity index (χ0v) is 10.5. The van der Waals surface area contributed by atoms with Crippen molar-refractivity contribution in [2.45, 2.75) is 13.3 Å². The lowest BCUT2D eigenvalue weighted by Gasteiger charge is -2.02. The van der Waals surface area contributed by atoms with Crippen molar-refractivity contribution in [2.75, 3.05) is 0 Å². The van der Waals surface area contributed by atoms with Crippen LogP contribution in [0, 0.1) is 0 Å². The summed E-state index contributed by atoms with van der Waals surface area (Å²) in [5.74, 6) is 0.804. The minimum Gasteiger partial charge on any atom is -0.430 e. The molecule has 0 aliphatic heterocycles. The molecule has 0 radical (unpaired) electrons. The second-order valence-corrected chi connectivity index (χ2v) is 5.14. The third-order valence-corrected chi connectivity index (χ3v) is 3.13. The molecule has 0 aliphatic rings. The van der Waals surface area contributed by atoms with Crippen LogP contribution in [0.3, 0.4) is 0 Å². The normalized spacial score (nSPS) is 10.3. The first-order valence-electron chi connectivity index (χ1n) is 4.53. The molecule has 78 valence electrons. The highest BCUT2D eigenvalue weighted by Crippen LogP contribution is 2.27. The number of ether oxygens (including phenoxy) is 1. The van der Waals surface area contributed by atoms with Crippen LogP contribution >= 0.6 is 27.3 Å². The van der Waals surface area contributed by atoms with Crippen LogP contribution in [0.4, 0.5) is 0 Å². The van der Waals surface area contributed by atoms with Crippen LogP contribution in [0.15, 0.2) is 28.2 Å². The number of aryl methyl sites for hydroxylation is 1. The van der Waals surface area contributed by atoms with Gasteiger partial charge < -0.3 is 4.74 Å². The fraction of sp³-hybridized carbons (Fsp3) is 0.200. The number of hydrogen-bond donors (Lipinski definition) is 0. The van der Waals surface area contributed by atoms with E-state index in [-0.39, 0.29) is 0 Å². The lowest BCUT2D eigenvalue weighted by atomic mass is 10.2. The molecule has 0 atom stereocenters. The second kappa shape index (κ2) is 4.72. The van der Waals surface area contributed by atoms with Gasteiger partial charge in [-0.25, -0.2) is 0 Å². The second-order valence-electron chi connectivity index (χ2n) is 2.92. The molecule has 1 heterocycles. The monoisotopic (exact) mass is 284 g/mol. The molecule has 0 fully saturated rings. The molecule has 0 saturated heterocycles. The van der Waals surface area contributed by atoms with E-state index in [0.717, 1.165) is 16.1 Å². The highest BCUT2D eigenvalue weighted by atomic mass is 79.9. The zero-order chi connectivity index (χ0) is 10.7. The maximum absolute atomic E-state index is 5.56. The lowest BCUT2D eigenvalue weighted by molar-refractivity contribution is 0.472. The molecule has 5 heteroatoms. The predicted octanol–water partition coefficient (Wildman–Crippen LogP) is 3.66. The van der Waals surface area contributed by atoms with Crippen LogP contribution in [0.5, 0.6) is 10.9 Å². The van der Waals surface area contributed by atoms with E-state index in [1.54, 1.807) is 0 Å². The van der Waals surface area contributed by atoms with Gasteiger partial charge in [-0.3, -0.25) is 0 Å². The molecule has 0 saturated carbocycles. The summed E-state index contributed by atoms with van der Waals surface area (Å²) in [5.41, 5.74) is 1.25. The number of benzene rings is 1. The summed E-state index contributed by atoms with van der Waals surface area (Å²) >= 11 is 4.61. The fourth-order valence-electron chi connectivity index (χ4n) is 1.16. The van der Waals surface area contributed by atoms with Gasteiger partial charge in [0.15, 0.2) is 3.92 Å². The third kappa shape index (κ3) is 2.76. The number of nitrogens with zero attached hydrogens (tertiary/aromatic N) is 2. The van der Waals surface area contributed by atoms with E-state index >= 15 is 0 Å². The minimum absolute atomic E-state index is 0.551. The van der Waals surface area contributed by atoms with Gasteiger partial charge in [-0.2, -0.15) is 0 Å². The molecule has 0 amide bonds. The molecule has 2 aromatic rings. The van der Waals surface area contributed by atoms with E-state index < -0.39 is 0 Å². The van der Waals surface area contributed by atoms with Gasteiger partial charge in [-0.05, 0) is 51.4 Å². The summed E-state index contributed by atoms with van der Waals surface area (Å²) in [4.78, 5) is 0. The van der Waals surface area contributed by atoms with E-state index in [9.17, 15) is 0 Å². The summed E-state index contributed by atoms with van der Waals surface area (Å²) in [5, 5.41) is 8.23. The standard InChI is InChI=1S/C10H9BrN2OS/c1-2-7-4-3-5-8(6-7)14-10-13-12-9(11)15-10/h3-6H,2H2,1H3. The number of halogens is 1. The Hall–Kier alpha value is -0.940. The van der Waals surface area contributed by atoms with Crippen LogP contribution in [0.2, 0.25) is 0 Å². The van der Waals surface area contributed by atoms with Crippen molar-refractivity contribution in [1.82, 2.24) is 10.2 Å². The molecule has 1 aromatic heterocycles. The largest absolute Gasteiger partial charge is 0.430 e. The average Bonchev–Trinajstić information content (AvgIpc) is 2.64. The van der Waals surface area contributed by atoms with Crippen LogP contribution in [-0.4, -0.2) is 10.2 Å². The van der Waals surface area contributed by atoms with Crippen LogP contribution in [0.25, 0.3) is 0 Å². The van der Waals surface area contributed by atoms with Gasteiger partial charge in [0.05, 0.1) is 0 Å². The third-order valence-electron chi connectivity index (χ3n) is 1.89. The highest BCUT2D eigenvalue weighted by molar-refractivity contribution is 9.11. The fourth-order valence-corrected chi connectivity index (χ4v) is 2.10. The molecule has 0 unspecified atom stereocenters. The molecule has 15 heavy (non-hydrogen) atoms. The van der Waals surface area contributed by atoms with Crippen molar-refractivity contribution in [1.29, 1.82) is 0 Å². The highest BCUT2D eigenvalue weighted by Gasteiger charge is 2.03. The zero-order valence-electron chi connectivity index (χ0n) is 8.11. The Morgan fingerprint density at radius 2 is 2.27 bits per heavy atom. The summed E-state index contributed by atoms with van der Waals surface area (Å²) in [6.45, 7) is 2.11. The van der Waals surface area contributed by atoms with Gasteiger partial charge in [-0.15, -0.1) is 5.10 Å². The Kier molecular flexibility index (Phi) is 3.33. The Labute approximate surface area is 100 Å². The van der Waals surface area contributed by atoms with Crippen molar-refractivity contribution < 1.29 is 4.74 Å². The van der Waals surface area contributed by atoms with Crippen molar-refractivity contribution in [2.24, 2.45) is 0 Å². The lowest BCUT2D eigenvalue weighted by Crippen LogP contribution is -1.85. The van der Waals surface area contributed by atoms with Crippen LogP contribution < -0.4 is 4.74 Å². The van der Waals surface area contributed by atoms with E-state index in [2.05, 4.69) is 39.1 Å². The first-order chi connectivity index (χ1) is 7.28. The molecule has 1 aromatic carbocycles. The summed E-state index contributed by atoms with van der Waals surface area (Å²) in [6, 6.07) is 7.97. The Balaban J connectivity index is 2.16. The van der Waals surface area contributed by atoms with E-state index in [1.165, 1.54) is 16.9 Å². The molecular formula is C10H9BrN2OS. The predicted molar refractivity (Wildman–Crippen MR) is 63.5 cm³/mol. The molecule has 3 nitrogen and oxygen atoms in total. The quantitative estimate of drug-likeness (QED) is 0.863. The molecule has 0 aliphatic carbocycles. The van der Waals surface area contributed by atoms with Gasteiger partial charge in [0.1, 0.15) is 5.75 Å². The van der Waals surface area contributed by atoms with Crippen molar-refractivity contribution in [3.63, 3.8) is 0 Å². The average molecular weight is 285 g/mol. The molecule has 0 N–H and O–H groups in total. The maximum Gasteiger partial charge on any atom is 0.300 e. The van der Waals surface area contributed by atoms with Crippen LogP contribution in [0.1, 0.15) is 12.5 Å². The van der Waals surface area contributed by atoms with Crippen LogP contribution in [-0.2, 0) is 6.42 Å². The maximum atomic E-state index is 5.56. The van der Waals surface area contributed by atoms with E-state index in [0.29, 0.717) is 5.19 Å². The Bertz CT molecular complexity index is 458. The molecular weight excluding hydrogens is 276 g/mol. The van der Waals surface area contributed by atoms with E-state index in [1.807, 2.05) is 18.2 Å². The first kappa shape index (κ1) is 10.6. The molecule has 0 bridgehead atoms. The Morgan fingerprint density at radius 1 is 1.40 bits per heavy atom. The van der Waals surface area contributed by atoms with Gasteiger partial charge in [0.2, 0.25) is 0 Å². The Morgan fingerprint density at radius 3 is 2.93 bits per heavy atom. The summed E-state index contributed by atoms with van der Waals surface area (Å²) in [6.07, 6.45) is 0.997. The summed E-state index contributed by atoms with van der Waals surface area (Å²) in [7, 11) is 0. The molecule has 0 spiro atoms. The number of rotatable bonds is 3. The van der Waals surface area contributed by atoms with Gasteiger partial charge in [0, 0.05) is 0 Å². The summed E-state index contributed by atoms with van der Waals surface area (Å²) < 4.78 is 6.28. The van der Waals surface area contributed by atoms with Crippen molar-refractivity contribution in [3.8, 4) is 10.9 Å².